The van der Waals surface area contributed by atoms with E-state index in [9.17, 15) is 9.59 Å². The highest BCUT2D eigenvalue weighted by atomic mass is 16.5. The van der Waals surface area contributed by atoms with Crippen molar-refractivity contribution >= 4 is 11.8 Å². The molecule has 0 saturated carbocycles. The van der Waals surface area contributed by atoms with Crippen molar-refractivity contribution in [3.8, 4) is 0 Å². The lowest BCUT2D eigenvalue weighted by Crippen LogP contribution is -2.46. The molecular formula is C29H40N4O3. The number of nitrogens with one attached hydrogen (secondary N) is 1. The van der Waals surface area contributed by atoms with Gasteiger partial charge in [-0.25, -0.2) is 0 Å². The first-order chi connectivity index (χ1) is 17.5. The summed E-state index contributed by atoms with van der Waals surface area (Å²) in [5.74, 6) is 1.32. The van der Waals surface area contributed by atoms with Crippen LogP contribution in [0.15, 0.2) is 54.1 Å². The summed E-state index contributed by atoms with van der Waals surface area (Å²) in [6.07, 6.45) is 13.1. The number of nitrogens with two attached hydrogens (primary N) is 1. The zero-order chi connectivity index (χ0) is 25.5. The maximum atomic E-state index is 13.1. The van der Waals surface area contributed by atoms with E-state index in [1.54, 1.807) is 11.1 Å². The first-order valence-corrected chi connectivity index (χ1v) is 13.4. The second-order valence-corrected chi connectivity index (χ2v) is 9.92. The first-order valence-electron chi connectivity index (χ1n) is 13.4. The molecule has 194 valence electrons. The fourth-order valence-electron chi connectivity index (χ4n) is 5.44. The molecule has 1 aromatic rings. The number of amides is 2. The van der Waals surface area contributed by atoms with E-state index in [2.05, 4.69) is 29.3 Å². The summed E-state index contributed by atoms with van der Waals surface area (Å²) in [6.45, 7) is 8.00. The highest BCUT2D eigenvalue weighted by Gasteiger charge is 2.36. The van der Waals surface area contributed by atoms with Gasteiger partial charge in [0.2, 0.25) is 5.91 Å². The number of hydrogen-bond donors (Lipinski definition) is 2. The van der Waals surface area contributed by atoms with Crippen molar-refractivity contribution in [2.24, 2.45) is 5.73 Å². The van der Waals surface area contributed by atoms with Crippen LogP contribution in [0, 0.1) is 0 Å². The average Bonchev–Trinajstić information content (AvgIpc) is 3.20. The molecule has 1 saturated heterocycles. The van der Waals surface area contributed by atoms with Gasteiger partial charge in [-0.2, -0.15) is 0 Å². The number of likely N-dealkylation sites (tertiary alicyclic amines) is 1. The van der Waals surface area contributed by atoms with Crippen LogP contribution in [0.2, 0.25) is 0 Å². The first kappa shape index (κ1) is 26.0. The van der Waals surface area contributed by atoms with Gasteiger partial charge < -0.3 is 20.7 Å². The molecule has 0 aromatic heterocycles. The Hall–Kier alpha value is -3.06. The van der Waals surface area contributed by atoms with Crippen LogP contribution < -0.4 is 11.1 Å². The fourth-order valence-corrected chi connectivity index (χ4v) is 5.44. The minimum atomic E-state index is -0.406. The number of benzene rings is 1. The normalized spacial score (nSPS) is 22.3. The molecule has 7 nitrogen and oxygen atoms in total. The zero-order valence-corrected chi connectivity index (χ0v) is 21.7. The van der Waals surface area contributed by atoms with Gasteiger partial charge in [0.1, 0.15) is 6.04 Å². The number of piperidine rings is 1. The van der Waals surface area contributed by atoms with Crippen LogP contribution >= 0.6 is 0 Å². The number of fused-ring (bicyclic) bond motifs is 1. The molecule has 1 fully saturated rings. The highest BCUT2D eigenvalue weighted by molar-refractivity contribution is 6.01. The molecule has 36 heavy (non-hydrogen) atoms. The number of nitrogens with zero attached hydrogens (tertiary/aromatic N) is 2. The zero-order valence-electron chi connectivity index (χ0n) is 21.7. The van der Waals surface area contributed by atoms with Crippen LogP contribution in [-0.2, 0) is 16.1 Å². The molecule has 0 radical (unpaired) electrons. The largest absolute Gasteiger partial charge is 0.498 e. The van der Waals surface area contributed by atoms with Crippen LogP contribution in [0.5, 0.6) is 0 Å². The Bertz CT molecular complexity index is 1040. The number of rotatable bonds is 8. The number of hydrogen-bond acceptors (Lipinski definition) is 5. The van der Waals surface area contributed by atoms with Crippen LogP contribution in [0.4, 0.5) is 0 Å². The predicted molar refractivity (Wildman–Crippen MR) is 142 cm³/mol. The Kier molecular flexibility index (Phi) is 8.86. The number of allylic oxidation sites excluding steroid dienone is 4. The van der Waals surface area contributed by atoms with E-state index in [0.717, 1.165) is 74.3 Å². The molecule has 3 aliphatic rings. The Morgan fingerprint density at radius 1 is 1.17 bits per heavy atom. The van der Waals surface area contributed by atoms with Gasteiger partial charge in [0.05, 0.1) is 12.4 Å². The topological polar surface area (TPSA) is 87.9 Å². The summed E-state index contributed by atoms with van der Waals surface area (Å²) < 4.78 is 5.59. The third kappa shape index (κ3) is 6.19. The quantitative estimate of drug-likeness (QED) is 0.420. The summed E-state index contributed by atoms with van der Waals surface area (Å²) >= 11 is 0. The minimum Gasteiger partial charge on any atom is -0.498 e. The van der Waals surface area contributed by atoms with Gasteiger partial charge in [-0.15, -0.1) is 0 Å². The van der Waals surface area contributed by atoms with Gasteiger partial charge in [-0.3, -0.25) is 14.5 Å². The van der Waals surface area contributed by atoms with Crippen molar-refractivity contribution in [3.05, 3.63) is 70.8 Å². The van der Waals surface area contributed by atoms with Crippen LogP contribution in [-0.4, -0.2) is 53.9 Å². The molecule has 2 amide bonds. The second-order valence-electron chi connectivity index (χ2n) is 9.92. The van der Waals surface area contributed by atoms with Crippen LogP contribution in [0.25, 0.3) is 0 Å². The van der Waals surface area contributed by atoms with E-state index in [1.807, 2.05) is 31.2 Å². The van der Waals surface area contributed by atoms with E-state index in [0.29, 0.717) is 25.5 Å². The third-order valence-corrected chi connectivity index (χ3v) is 7.46. The van der Waals surface area contributed by atoms with Crippen LogP contribution in [0.1, 0.15) is 79.8 Å². The molecule has 0 aliphatic carbocycles. The average molecular weight is 493 g/mol. The highest BCUT2D eigenvalue weighted by Crippen LogP contribution is 2.33. The Morgan fingerprint density at radius 3 is 2.72 bits per heavy atom. The number of ether oxygens (including phenoxy) is 1. The monoisotopic (exact) mass is 492 g/mol. The van der Waals surface area contributed by atoms with Crippen molar-refractivity contribution in [1.82, 2.24) is 15.1 Å². The van der Waals surface area contributed by atoms with Crippen molar-refractivity contribution in [2.45, 2.75) is 70.9 Å². The number of carbonyl (C=O) groups excluding carboxylic acids is 2. The lowest BCUT2D eigenvalue weighted by Gasteiger charge is -2.32. The number of carbonyl (C=O) groups is 2. The van der Waals surface area contributed by atoms with E-state index in [4.69, 9.17) is 10.5 Å². The summed E-state index contributed by atoms with van der Waals surface area (Å²) in [5, 5.41) is 2.82. The maximum absolute atomic E-state index is 13.1. The minimum absolute atomic E-state index is 0.0250. The van der Waals surface area contributed by atoms with Crippen molar-refractivity contribution in [2.75, 3.05) is 26.2 Å². The van der Waals surface area contributed by atoms with E-state index >= 15 is 0 Å². The molecule has 1 atom stereocenters. The molecule has 3 heterocycles. The Balaban J connectivity index is 1.34. The molecule has 0 spiro atoms. The molecule has 1 aromatic carbocycles. The fraction of sp³-hybridized carbons (Fsp3) is 0.517. The van der Waals surface area contributed by atoms with Crippen LogP contribution in [0.3, 0.4) is 0 Å². The van der Waals surface area contributed by atoms with Gasteiger partial charge in [-0.05, 0) is 93.6 Å². The predicted octanol–water partition coefficient (Wildman–Crippen LogP) is 4.18. The molecule has 4 rings (SSSR count). The van der Waals surface area contributed by atoms with Gasteiger partial charge in [0.25, 0.3) is 5.91 Å². The van der Waals surface area contributed by atoms with Gasteiger partial charge in [0, 0.05) is 30.8 Å². The van der Waals surface area contributed by atoms with E-state index < -0.39 is 6.04 Å². The summed E-state index contributed by atoms with van der Waals surface area (Å²) in [6, 6.07) is 5.88. The summed E-state index contributed by atoms with van der Waals surface area (Å²) in [4.78, 5) is 29.9. The molecule has 7 heteroatoms. The molecule has 3 aliphatic heterocycles. The maximum Gasteiger partial charge on any atom is 0.255 e. The Labute approximate surface area is 215 Å². The van der Waals surface area contributed by atoms with Gasteiger partial charge >= 0.3 is 0 Å². The van der Waals surface area contributed by atoms with Gasteiger partial charge in [0.15, 0.2) is 0 Å². The summed E-state index contributed by atoms with van der Waals surface area (Å²) in [5.41, 5.74) is 10.2. The lowest BCUT2D eigenvalue weighted by molar-refractivity contribution is -0.125. The Morgan fingerprint density at radius 2 is 1.97 bits per heavy atom. The van der Waals surface area contributed by atoms with Crippen molar-refractivity contribution in [3.63, 3.8) is 0 Å². The lowest BCUT2D eigenvalue weighted by atomic mass is 9.88. The molecule has 0 bridgehead atoms. The van der Waals surface area contributed by atoms with E-state index in [1.165, 1.54) is 5.56 Å². The molecular weight excluding hydrogens is 452 g/mol. The second kappa shape index (κ2) is 12.3. The molecule has 3 N–H and O–H groups in total. The van der Waals surface area contributed by atoms with Crippen molar-refractivity contribution in [1.29, 1.82) is 0 Å². The molecule has 0 unspecified atom stereocenters. The third-order valence-electron chi connectivity index (χ3n) is 7.46. The van der Waals surface area contributed by atoms with Gasteiger partial charge in [-0.1, -0.05) is 25.1 Å². The van der Waals surface area contributed by atoms with E-state index in [-0.39, 0.29) is 11.8 Å². The SMILES string of the molecule is CCO/C(=C/C=C(\N)CN1CCC(c2ccc3c(c2)CN([C@H]2CCCC=CNC2=O)C3=O)CC1)CC. The smallest absolute Gasteiger partial charge is 0.255 e. The standard InChI is InChI=1S/C29H40N4O3/c1-3-25(36-4-2)11-10-24(30)20-32-16-13-21(14-17-32)22-9-12-26-23(18-22)19-33(29(26)35)27-8-6-5-7-15-31-28(27)34/h7,9-12,15,18,21,27H,3-6,8,13-14,16-17,19-20,30H2,1-2H3,(H,31,34)/b15-7?,24-10-,25-11+/t27-/m0/s1. The summed E-state index contributed by atoms with van der Waals surface area (Å²) in [7, 11) is 0. The van der Waals surface area contributed by atoms with Crippen molar-refractivity contribution < 1.29 is 14.3 Å².